The lowest BCUT2D eigenvalue weighted by Gasteiger charge is -2.26. The molecule has 0 saturated carbocycles. The number of nitrogens with one attached hydrogen (secondary N) is 1. The standard InChI is InChI=1S/C21H23ClN2O3/c1-4-24-17-10-9-16(12-18(17)27-13-21(2,3)20(24)26)23-19(25)11-14-5-7-15(22)8-6-14/h5-10,12H,4,11,13H2,1-3H3,(H,23,25). The Kier molecular flexibility index (Phi) is 5.42. The molecular weight excluding hydrogens is 364 g/mol. The van der Waals surface area contributed by atoms with E-state index in [1.54, 1.807) is 29.2 Å². The van der Waals surface area contributed by atoms with E-state index < -0.39 is 5.41 Å². The molecule has 0 atom stereocenters. The number of hydrogen-bond donors (Lipinski definition) is 1. The Labute approximate surface area is 164 Å². The van der Waals surface area contributed by atoms with Crippen LogP contribution < -0.4 is 15.0 Å². The fourth-order valence-corrected chi connectivity index (χ4v) is 3.16. The van der Waals surface area contributed by atoms with Crippen molar-refractivity contribution in [1.29, 1.82) is 0 Å². The maximum Gasteiger partial charge on any atom is 0.236 e. The summed E-state index contributed by atoms with van der Waals surface area (Å²) >= 11 is 5.87. The number of halogens is 1. The summed E-state index contributed by atoms with van der Waals surface area (Å²) in [6, 6.07) is 12.6. The highest BCUT2D eigenvalue weighted by Gasteiger charge is 2.37. The molecule has 0 bridgehead atoms. The molecule has 0 unspecified atom stereocenters. The fourth-order valence-electron chi connectivity index (χ4n) is 3.03. The lowest BCUT2D eigenvalue weighted by molar-refractivity contribution is -0.127. The van der Waals surface area contributed by atoms with Crippen LogP contribution in [0.25, 0.3) is 0 Å². The molecule has 3 rings (SSSR count). The van der Waals surface area contributed by atoms with E-state index in [1.165, 1.54) is 0 Å². The first-order chi connectivity index (χ1) is 12.8. The van der Waals surface area contributed by atoms with Gasteiger partial charge in [0.15, 0.2) is 0 Å². The molecule has 1 aliphatic rings. The van der Waals surface area contributed by atoms with Gasteiger partial charge in [0, 0.05) is 23.3 Å². The Bertz CT molecular complexity index is 862. The number of benzene rings is 2. The maximum absolute atomic E-state index is 12.7. The molecule has 1 heterocycles. The zero-order valence-electron chi connectivity index (χ0n) is 15.7. The van der Waals surface area contributed by atoms with Crippen LogP contribution in [-0.2, 0) is 16.0 Å². The topological polar surface area (TPSA) is 58.6 Å². The van der Waals surface area contributed by atoms with Crippen LogP contribution in [0.2, 0.25) is 5.02 Å². The summed E-state index contributed by atoms with van der Waals surface area (Å²) in [5.74, 6) is 0.498. The quantitative estimate of drug-likeness (QED) is 0.852. The van der Waals surface area contributed by atoms with Gasteiger partial charge in [-0.25, -0.2) is 0 Å². The number of carbonyl (C=O) groups is 2. The van der Waals surface area contributed by atoms with Crippen LogP contribution >= 0.6 is 11.6 Å². The van der Waals surface area contributed by atoms with Crippen molar-refractivity contribution in [3.05, 3.63) is 53.1 Å². The minimum atomic E-state index is -0.604. The minimum absolute atomic E-state index is 0.0308. The predicted molar refractivity (Wildman–Crippen MR) is 108 cm³/mol. The molecule has 142 valence electrons. The Hall–Kier alpha value is -2.53. The van der Waals surface area contributed by atoms with Gasteiger partial charge in [-0.1, -0.05) is 23.7 Å². The Morgan fingerprint density at radius 1 is 1.22 bits per heavy atom. The summed E-state index contributed by atoms with van der Waals surface area (Å²) in [5, 5.41) is 3.52. The maximum atomic E-state index is 12.7. The number of amides is 2. The molecule has 0 aromatic heterocycles. The summed E-state index contributed by atoms with van der Waals surface area (Å²) < 4.78 is 5.89. The lowest BCUT2D eigenvalue weighted by atomic mass is 9.93. The van der Waals surface area contributed by atoms with Crippen molar-refractivity contribution in [2.24, 2.45) is 5.41 Å². The number of hydrogen-bond acceptors (Lipinski definition) is 3. The molecule has 0 aliphatic carbocycles. The SMILES string of the molecule is CCN1C(=O)C(C)(C)COc2cc(NC(=O)Cc3ccc(Cl)cc3)ccc21. The van der Waals surface area contributed by atoms with Gasteiger partial charge in [0.05, 0.1) is 17.5 Å². The monoisotopic (exact) mass is 386 g/mol. The molecule has 1 aliphatic heterocycles. The summed E-state index contributed by atoms with van der Waals surface area (Å²) in [6.45, 7) is 6.53. The van der Waals surface area contributed by atoms with Crippen LogP contribution in [0.1, 0.15) is 26.3 Å². The molecule has 2 aromatic rings. The number of nitrogens with zero attached hydrogens (tertiary/aromatic N) is 1. The predicted octanol–water partition coefficient (Wildman–Crippen LogP) is 4.29. The number of fused-ring (bicyclic) bond motifs is 1. The van der Waals surface area contributed by atoms with Gasteiger partial charge in [-0.05, 0) is 50.6 Å². The normalized spacial score (nSPS) is 15.6. The first-order valence-electron chi connectivity index (χ1n) is 8.93. The second kappa shape index (κ2) is 7.61. The Morgan fingerprint density at radius 3 is 2.59 bits per heavy atom. The Balaban J connectivity index is 1.78. The molecule has 2 amide bonds. The lowest BCUT2D eigenvalue weighted by Crippen LogP contribution is -2.42. The van der Waals surface area contributed by atoms with Gasteiger partial charge in [-0.3, -0.25) is 9.59 Å². The average molecular weight is 387 g/mol. The van der Waals surface area contributed by atoms with Crippen LogP contribution in [0.4, 0.5) is 11.4 Å². The number of carbonyl (C=O) groups excluding carboxylic acids is 2. The molecule has 0 fully saturated rings. The average Bonchev–Trinajstić information content (AvgIpc) is 2.72. The van der Waals surface area contributed by atoms with E-state index in [0.717, 1.165) is 11.3 Å². The number of ether oxygens (including phenoxy) is 1. The van der Waals surface area contributed by atoms with E-state index in [4.69, 9.17) is 16.3 Å². The van der Waals surface area contributed by atoms with Crippen LogP contribution in [0, 0.1) is 5.41 Å². The highest BCUT2D eigenvalue weighted by Crippen LogP contribution is 2.38. The van der Waals surface area contributed by atoms with E-state index in [-0.39, 0.29) is 24.8 Å². The van der Waals surface area contributed by atoms with Crippen molar-refractivity contribution in [2.75, 3.05) is 23.4 Å². The van der Waals surface area contributed by atoms with Crippen LogP contribution in [0.3, 0.4) is 0 Å². The highest BCUT2D eigenvalue weighted by atomic mass is 35.5. The van der Waals surface area contributed by atoms with Crippen LogP contribution in [0.15, 0.2) is 42.5 Å². The molecule has 5 nitrogen and oxygen atoms in total. The molecule has 6 heteroatoms. The van der Waals surface area contributed by atoms with Crippen molar-refractivity contribution >= 4 is 34.8 Å². The third kappa shape index (κ3) is 4.25. The smallest absolute Gasteiger partial charge is 0.236 e. The van der Waals surface area contributed by atoms with Gasteiger partial charge in [-0.15, -0.1) is 0 Å². The zero-order valence-corrected chi connectivity index (χ0v) is 16.5. The van der Waals surface area contributed by atoms with E-state index in [1.807, 2.05) is 39.0 Å². The van der Waals surface area contributed by atoms with Gasteiger partial charge in [0.1, 0.15) is 12.4 Å². The number of anilines is 2. The van der Waals surface area contributed by atoms with E-state index in [9.17, 15) is 9.59 Å². The van der Waals surface area contributed by atoms with Gasteiger partial charge in [0.2, 0.25) is 11.8 Å². The van der Waals surface area contributed by atoms with E-state index in [2.05, 4.69) is 5.32 Å². The van der Waals surface area contributed by atoms with Gasteiger partial charge >= 0.3 is 0 Å². The summed E-state index contributed by atoms with van der Waals surface area (Å²) in [6.07, 6.45) is 0.252. The zero-order chi connectivity index (χ0) is 19.6. The molecule has 0 saturated heterocycles. The summed E-state index contributed by atoms with van der Waals surface area (Å²) in [5.41, 5.74) is 1.64. The second-order valence-corrected chi connectivity index (χ2v) is 7.69. The summed E-state index contributed by atoms with van der Waals surface area (Å²) in [4.78, 5) is 26.8. The minimum Gasteiger partial charge on any atom is -0.490 e. The number of rotatable bonds is 4. The fraction of sp³-hybridized carbons (Fsp3) is 0.333. The molecule has 27 heavy (non-hydrogen) atoms. The van der Waals surface area contributed by atoms with Crippen molar-refractivity contribution < 1.29 is 14.3 Å². The molecule has 0 spiro atoms. The molecule has 2 aromatic carbocycles. The Morgan fingerprint density at radius 2 is 1.93 bits per heavy atom. The largest absolute Gasteiger partial charge is 0.490 e. The molecule has 1 N–H and O–H groups in total. The van der Waals surface area contributed by atoms with Crippen molar-refractivity contribution in [1.82, 2.24) is 0 Å². The van der Waals surface area contributed by atoms with E-state index in [0.29, 0.717) is 23.0 Å². The third-order valence-electron chi connectivity index (χ3n) is 4.54. The van der Waals surface area contributed by atoms with Crippen LogP contribution in [-0.4, -0.2) is 25.0 Å². The van der Waals surface area contributed by atoms with Crippen molar-refractivity contribution in [3.8, 4) is 5.75 Å². The van der Waals surface area contributed by atoms with Crippen LogP contribution in [0.5, 0.6) is 5.75 Å². The third-order valence-corrected chi connectivity index (χ3v) is 4.79. The first kappa shape index (κ1) is 19.2. The highest BCUT2D eigenvalue weighted by molar-refractivity contribution is 6.30. The van der Waals surface area contributed by atoms with Crippen molar-refractivity contribution in [3.63, 3.8) is 0 Å². The van der Waals surface area contributed by atoms with Gasteiger partial charge in [0.25, 0.3) is 0 Å². The summed E-state index contributed by atoms with van der Waals surface area (Å²) in [7, 11) is 0. The van der Waals surface area contributed by atoms with Gasteiger partial charge < -0.3 is 15.0 Å². The second-order valence-electron chi connectivity index (χ2n) is 7.26. The molecule has 0 radical (unpaired) electrons. The van der Waals surface area contributed by atoms with Crippen molar-refractivity contribution in [2.45, 2.75) is 27.2 Å². The van der Waals surface area contributed by atoms with Gasteiger partial charge in [-0.2, -0.15) is 0 Å². The molecular formula is C21H23ClN2O3. The van der Waals surface area contributed by atoms with E-state index >= 15 is 0 Å². The first-order valence-corrected chi connectivity index (χ1v) is 9.31.